The van der Waals surface area contributed by atoms with Gasteiger partial charge in [-0.25, -0.2) is 4.39 Å². The van der Waals surface area contributed by atoms with Crippen molar-refractivity contribution in [2.75, 3.05) is 26.1 Å². The molecule has 0 saturated heterocycles. The minimum atomic E-state index is -0.689. The summed E-state index contributed by atoms with van der Waals surface area (Å²) in [7, 11) is 2.94. The van der Waals surface area contributed by atoms with E-state index in [2.05, 4.69) is 15.7 Å². The smallest absolute Gasteiger partial charge is 0.279 e. The molecule has 0 bridgehead atoms. The molecule has 0 aliphatic heterocycles. The minimum absolute atomic E-state index is 0.00419. The lowest BCUT2D eigenvalue weighted by Gasteiger charge is -2.14. The van der Waals surface area contributed by atoms with Crippen LogP contribution in [0.5, 0.6) is 11.5 Å². The average Bonchev–Trinajstić information content (AvgIpc) is 2.88. The quantitative estimate of drug-likeness (QED) is 0.424. The maximum Gasteiger partial charge on any atom is 0.279 e. The normalized spacial score (nSPS) is 10.6. The predicted molar refractivity (Wildman–Crippen MR) is 128 cm³/mol. The van der Waals surface area contributed by atoms with E-state index in [0.29, 0.717) is 22.6 Å². The lowest BCUT2D eigenvalue weighted by atomic mass is 10.1. The summed E-state index contributed by atoms with van der Waals surface area (Å²) in [5.74, 6) is -1.09. The van der Waals surface area contributed by atoms with Gasteiger partial charge in [-0.15, -0.1) is 0 Å². The van der Waals surface area contributed by atoms with E-state index in [0.717, 1.165) is 4.68 Å². The second-order valence-electron chi connectivity index (χ2n) is 7.36. The van der Waals surface area contributed by atoms with Crippen LogP contribution in [0.4, 0.5) is 10.1 Å². The topological polar surface area (TPSA) is 112 Å². The highest BCUT2D eigenvalue weighted by molar-refractivity contribution is 6.06. The standard InChI is InChI=1S/C25H21FN4O5/c1-34-15-11-12-20(21(13-15)35-2)30-25(33)17-8-4-3-7-16(17)23(29-30)24(32)27-14-22(31)28-19-10-6-5-9-18(19)26/h3-13H,14H2,1-2H3,(H,27,32)(H,28,31). The van der Waals surface area contributed by atoms with E-state index >= 15 is 0 Å². The molecule has 35 heavy (non-hydrogen) atoms. The molecule has 2 amide bonds. The molecule has 0 aliphatic carbocycles. The number of nitrogens with one attached hydrogen (secondary N) is 2. The molecule has 1 aromatic heterocycles. The number of amides is 2. The molecule has 0 radical (unpaired) electrons. The van der Waals surface area contributed by atoms with Crippen LogP contribution < -0.4 is 25.7 Å². The molecule has 9 nitrogen and oxygen atoms in total. The monoisotopic (exact) mass is 476 g/mol. The van der Waals surface area contributed by atoms with Crippen LogP contribution in [0.15, 0.2) is 71.5 Å². The molecule has 10 heteroatoms. The fourth-order valence-electron chi connectivity index (χ4n) is 3.48. The first-order chi connectivity index (χ1) is 16.9. The Hall–Kier alpha value is -4.73. The maximum absolute atomic E-state index is 13.8. The first-order valence-corrected chi connectivity index (χ1v) is 10.5. The van der Waals surface area contributed by atoms with Gasteiger partial charge in [-0.05, 0) is 30.3 Å². The summed E-state index contributed by atoms with van der Waals surface area (Å²) in [5.41, 5.74) is -0.236. The first-order valence-electron chi connectivity index (χ1n) is 10.5. The van der Waals surface area contributed by atoms with Crippen molar-refractivity contribution in [3.63, 3.8) is 0 Å². The maximum atomic E-state index is 13.8. The van der Waals surface area contributed by atoms with Crippen LogP contribution in [-0.2, 0) is 4.79 Å². The van der Waals surface area contributed by atoms with E-state index in [9.17, 15) is 18.8 Å². The number of hydrogen-bond acceptors (Lipinski definition) is 6. The third kappa shape index (κ3) is 4.81. The molecule has 4 rings (SSSR count). The van der Waals surface area contributed by atoms with Crippen molar-refractivity contribution in [3.8, 4) is 17.2 Å². The van der Waals surface area contributed by atoms with Gasteiger partial charge in [-0.2, -0.15) is 9.78 Å². The van der Waals surface area contributed by atoms with Crippen molar-refractivity contribution in [3.05, 3.63) is 88.6 Å². The highest BCUT2D eigenvalue weighted by atomic mass is 19.1. The molecule has 0 unspecified atom stereocenters. The zero-order chi connectivity index (χ0) is 24.9. The molecular weight excluding hydrogens is 455 g/mol. The van der Waals surface area contributed by atoms with Crippen molar-refractivity contribution in [1.29, 1.82) is 0 Å². The number of nitrogens with zero attached hydrogens (tertiary/aromatic N) is 2. The summed E-state index contributed by atoms with van der Waals surface area (Å²) >= 11 is 0. The van der Waals surface area contributed by atoms with Gasteiger partial charge in [-0.3, -0.25) is 14.4 Å². The van der Waals surface area contributed by atoms with Crippen LogP contribution in [0.25, 0.3) is 16.5 Å². The zero-order valence-electron chi connectivity index (χ0n) is 18.9. The van der Waals surface area contributed by atoms with Crippen molar-refractivity contribution >= 4 is 28.3 Å². The molecule has 3 aromatic carbocycles. The van der Waals surface area contributed by atoms with E-state index in [4.69, 9.17) is 9.47 Å². The highest BCUT2D eigenvalue weighted by Gasteiger charge is 2.20. The van der Waals surface area contributed by atoms with E-state index in [1.807, 2.05) is 0 Å². The Morgan fingerprint density at radius 2 is 1.69 bits per heavy atom. The summed E-state index contributed by atoms with van der Waals surface area (Å²) in [6.45, 7) is -0.436. The van der Waals surface area contributed by atoms with E-state index in [-0.39, 0.29) is 16.8 Å². The molecule has 178 valence electrons. The molecule has 0 spiro atoms. The molecule has 4 aromatic rings. The number of halogens is 1. The first kappa shape index (κ1) is 23.4. The van der Waals surface area contributed by atoms with Crippen molar-refractivity contribution in [1.82, 2.24) is 15.1 Å². The molecule has 0 aliphatic rings. The molecule has 1 heterocycles. The number of methoxy groups -OCH3 is 2. The van der Waals surface area contributed by atoms with Gasteiger partial charge in [0.15, 0.2) is 5.69 Å². The number of para-hydroxylation sites is 1. The van der Waals surface area contributed by atoms with Crippen LogP contribution in [0, 0.1) is 5.82 Å². The number of anilines is 1. The third-order valence-corrected chi connectivity index (χ3v) is 5.19. The predicted octanol–water partition coefficient (Wildman–Crippen LogP) is 2.91. The Morgan fingerprint density at radius 3 is 2.40 bits per heavy atom. The third-order valence-electron chi connectivity index (χ3n) is 5.19. The number of hydrogen-bond donors (Lipinski definition) is 2. The number of benzene rings is 3. The summed E-state index contributed by atoms with van der Waals surface area (Å²) in [6, 6.07) is 17.0. The van der Waals surface area contributed by atoms with E-state index < -0.39 is 29.7 Å². The van der Waals surface area contributed by atoms with Gasteiger partial charge in [0.1, 0.15) is 23.0 Å². The van der Waals surface area contributed by atoms with E-state index in [1.165, 1.54) is 32.4 Å². The number of aromatic nitrogens is 2. The largest absolute Gasteiger partial charge is 0.497 e. The fourth-order valence-corrected chi connectivity index (χ4v) is 3.48. The number of rotatable bonds is 7. The second-order valence-corrected chi connectivity index (χ2v) is 7.36. The average molecular weight is 476 g/mol. The van der Waals surface area contributed by atoms with Crippen molar-refractivity contribution in [2.24, 2.45) is 0 Å². The SMILES string of the molecule is COc1ccc(-n2nc(C(=O)NCC(=O)Nc3ccccc3F)c3ccccc3c2=O)c(OC)c1. The van der Waals surface area contributed by atoms with Gasteiger partial charge in [0, 0.05) is 11.5 Å². The molecular formula is C25H21FN4O5. The Balaban J connectivity index is 1.68. The Bertz CT molecular complexity index is 1480. The second kappa shape index (κ2) is 10.0. The van der Waals surface area contributed by atoms with Crippen LogP contribution >= 0.6 is 0 Å². The Labute approximate surface area is 199 Å². The molecule has 2 N–H and O–H groups in total. The van der Waals surface area contributed by atoms with Crippen molar-refractivity contribution in [2.45, 2.75) is 0 Å². The van der Waals surface area contributed by atoms with Crippen LogP contribution in [0.3, 0.4) is 0 Å². The number of fused-ring (bicyclic) bond motifs is 1. The summed E-state index contributed by atoms with van der Waals surface area (Å²) in [5, 5.41) is 9.72. The molecule has 0 saturated carbocycles. The van der Waals surface area contributed by atoms with Gasteiger partial charge < -0.3 is 20.1 Å². The van der Waals surface area contributed by atoms with Crippen LogP contribution in [-0.4, -0.2) is 42.4 Å². The van der Waals surface area contributed by atoms with Crippen LogP contribution in [0.2, 0.25) is 0 Å². The summed E-state index contributed by atoms with van der Waals surface area (Å²) < 4.78 is 25.4. The lowest BCUT2D eigenvalue weighted by molar-refractivity contribution is -0.115. The Morgan fingerprint density at radius 1 is 0.971 bits per heavy atom. The minimum Gasteiger partial charge on any atom is -0.497 e. The fraction of sp³-hybridized carbons (Fsp3) is 0.120. The van der Waals surface area contributed by atoms with Gasteiger partial charge >= 0.3 is 0 Å². The van der Waals surface area contributed by atoms with Crippen LogP contribution in [0.1, 0.15) is 10.5 Å². The van der Waals surface area contributed by atoms with E-state index in [1.54, 1.807) is 48.5 Å². The van der Waals surface area contributed by atoms with Gasteiger partial charge in [-0.1, -0.05) is 30.3 Å². The van der Waals surface area contributed by atoms with Crippen molar-refractivity contribution < 1.29 is 23.5 Å². The summed E-state index contributed by atoms with van der Waals surface area (Å²) in [4.78, 5) is 38.5. The van der Waals surface area contributed by atoms with Gasteiger partial charge in [0.05, 0.1) is 31.8 Å². The highest BCUT2D eigenvalue weighted by Crippen LogP contribution is 2.27. The zero-order valence-corrected chi connectivity index (χ0v) is 18.9. The molecule has 0 fully saturated rings. The Kier molecular flexibility index (Phi) is 6.72. The van der Waals surface area contributed by atoms with Gasteiger partial charge in [0.2, 0.25) is 5.91 Å². The number of ether oxygens (including phenoxy) is 2. The molecule has 0 atom stereocenters. The van der Waals surface area contributed by atoms with Gasteiger partial charge in [0.25, 0.3) is 11.5 Å². The lowest BCUT2D eigenvalue weighted by Crippen LogP contribution is -2.35. The number of carbonyl (C=O) groups is 2. The summed E-state index contributed by atoms with van der Waals surface area (Å²) in [6.07, 6.45) is 0. The number of carbonyl (C=O) groups excluding carboxylic acids is 2.